The lowest BCUT2D eigenvalue weighted by molar-refractivity contribution is -0.347. The second-order valence-electron chi connectivity index (χ2n) is 22.3. The summed E-state index contributed by atoms with van der Waals surface area (Å²) in [5.74, 6) is -1.36. The summed E-state index contributed by atoms with van der Waals surface area (Å²) in [6.07, 6.45) is -16.4. The van der Waals surface area contributed by atoms with Gasteiger partial charge in [0.1, 0.15) is 48.8 Å². The van der Waals surface area contributed by atoms with Crippen molar-refractivity contribution in [3.63, 3.8) is 0 Å². The number of fused-ring (bicyclic) bond motifs is 1. The van der Waals surface area contributed by atoms with Crippen molar-refractivity contribution in [3.8, 4) is 0 Å². The third kappa shape index (κ3) is 15.8. The molecule has 0 radical (unpaired) electrons. The van der Waals surface area contributed by atoms with Gasteiger partial charge in [0.25, 0.3) is 11.8 Å². The molecule has 3 aliphatic heterocycles. The molecule has 2 saturated heterocycles. The number of amides is 2. The van der Waals surface area contributed by atoms with E-state index in [-0.39, 0.29) is 70.3 Å². The number of ether oxygens (including phenoxy) is 10. The number of carbonyl (C=O) groups excluding carboxylic acids is 2. The number of hydrogen-bond acceptors (Lipinski definition) is 16. The first-order valence-corrected chi connectivity index (χ1v) is 30.0. The zero-order valence-corrected chi connectivity index (χ0v) is 49.5. The van der Waals surface area contributed by atoms with Crippen molar-refractivity contribution < 1.29 is 62.1 Å². The Labute approximate surface area is 525 Å². The van der Waals surface area contributed by atoms with Gasteiger partial charge in [0.05, 0.1) is 94.3 Å². The van der Waals surface area contributed by atoms with Crippen LogP contribution in [0.2, 0.25) is 0 Å². The Bertz CT molecular complexity index is 3580. The van der Waals surface area contributed by atoms with Crippen LogP contribution >= 0.6 is 0 Å². The van der Waals surface area contributed by atoms with E-state index in [4.69, 9.17) is 47.4 Å². The quantitative estimate of drug-likeness (QED) is 0.0207. The minimum Gasteiger partial charge on any atom is -0.388 e. The van der Waals surface area contributed by atoms with Gasteiger partial charge in [0.2, 0.25) is 0 Å². The predicted octanol–water partition coefficient (Wildman–Crippen LogP) is 11.4. The van der Waals surface area contributed by atoms with Crippen LogP contribution in [0.25, 0.3) is 31.3 Å². The zero-order chi connectivity index (χ0) is 62.7. The van der Waals surface area contributed by atoms with Crippen molar-refractivity contribution in [2.75, 3.05) is 13.2 Å². The largest absolute Gasteiger partial charge is 0.388 e. The van der Waals surface area contributed by atoms with Gasteiger partial charge in [-0.1, -0.05) is 209 Å². The van der Waals surface area contributed by atoms with Crippen LogP contribution in [0.5, 0.6) is 0 Å². The summed E-state index contributed by atoms with van der Waals surface area (Å²) in [4.78, 5) is 40.6. The molecular formula is C68H68N10O13. The number of azide groups is 3. The normalized spacial score (nSPS) is 27.0. The third-order valence-electron chi connectivity index (χ3n) is 16.4. The Morgan fingerprint density at radius 1 is 0.429 bits per heavy atom. The Kier molecular flexibility index (Phi) is 22.2. The highest BCUT2D eigenvalue weighted by Crippen LogP contribution is 2.41. The van der Waals surface area contributed by atoms with Crippen molar-refractivity contribution in [1.82, 2.24) is 4.90 Å². The maximum Gasteiger partial charge on any atom is 0.262 e. The highest BCUT2D eigenvalue weighted by Gasteiger charge is 2.59. The molecule has 1 N–H and O–H groups in total. The number of aliphatic hydroxyl groups is 1. The van der Waals surface area contributed by atoms with Crippen LogP contribution < -0.4 is 0 Å². The molecule has 0 bridgehead atoms. The number of aliphatic hydroxyl groups excluding tert-OH is 1. The molecule has 23 heteroatoms. The Morgan fingerprint density at radius 3 is 1.22 bits per heavy atom. The van der Waals surface area contributed by atoms with Gasteiger partial charge in [-0.25, -0.2) is 0 Å². The average Bonchev–Trinajstić information content (AvgIpc) is 1.71. The summed E-state index contributed by atoms with van der Waals surface area (Å²) >= 11 is 0. The van der Waals surface area contributed by atoms with E-state index in [1.54, 1.807) is 24.3 Å². The van der Waals surface area contributed by atoms with Gasteiger partial charge in [-0.15, -0.1) is 0 Å². The van der Waals surface area contributed by atoms with Crippen molar-refractivity contribution in [2.45, 2.75) is 138 Å². The first-order valence-electron chi connectivity index (χ1n) is 30.0. The summed E-state index contributed by atoms with van der Waals surface area (Å²) in [7, 11) is 0. The molecule has 468 valence electrons. The SMILES string of the molecule is [N-]=[N+]=NC[C@H]1O[C@H](O[C@H]2[C@H](O)[C@@H](O[C@@H]3O[C@H](COCc4ccccc4)[C@@H](OCc4ccccc4)[C@H](OCc4ccccc4)[C@H]3N3C(=O)c4ccccc4C3=O)[C@H](N=[N+]=[N-])C[C@@H]2N=[N+]=[N-])[C@H](OCc2ccccc2)[C@@H](OCc2ccccc2)[C@@H]1OCc1ccccc1. The fourth-order valence-electron chi connectivity index (χ4n) is 12.0. The Hall–Kier alpha value is -8.83. The van der Waals surface area contributed by atoms with Gasteiger partial charge in [0.15, 0.2) is 12.6 Å². The summed E-state index contributed by atoms with van der Waals surface area (Å²) in [5, 5.41) is 25.5. The molecule has 0 aromatic heterocycles. The lowest BCUT2D eigenvalue weighted by Crippen LogP contribution is -2.69. The van der Waals surface area contributed by atoms with Crippen LogP contribution in [-0.2, 0) is 87.0 Å². The van der Waals surface area contributed by atoms with Crippen LogP contribution in [0, 0.1) is 0 Å². The van der Waals surface area contributed by atoms with E-state index >= 15 is 9.59 Å². The minimum absolute atomic E-state index is 0.00203. The van der Waals surface area contributed by atoms with Gasteiger partial charge in [-0.3, -0.25) is 14.5 Å². The van der Waals surface area contributed by atoms with Crippen LogP contribution in [0.3, 0.4) is 0 Å². The third-order valence-corrected chi connectivity index (χ3v) is 16.4. The smallest absolute Gasteiger partial charge is 0.262 e. The van der Waals surface area contributed by atoms with E-state index in [0.717, 1.165) is 38.3 Å². The number of imide groups is 1. The topological polar surface area (TPSA) is 296 Å². The van der Waals surface area contributed by atoms with Gasteiger partial charge >= 0.3 is 0 Å². The van der Waals surface area contributed by atoms with E-state index in [1.807, 2.05) is 182 Å². The Balaban J connectivity index is 0.991. The molecule has 7 aromatic carbocycles. The van der Waals surface area contributed by atoms with Gasteiger partial charge in [-0.2, -0.15) is 0 Å². The van der Waals surface area contributed by atoms with E-state index in [9.17, 15) is 21.7 Å². The molecule has 4 aliphatic rings. The highest BCUT2D eigenvalue weighted by atomic mass is 16.7. The first-order chi connectivity index (χ1) is 44.8. The number of benzene rings is 7. The van der Waals surface area contributed by atoms with Crippen molar-refractivity contribution in [1.29, 1.82) is 0 Å². The molecule has 0 spiro atoms. The molecule has 2 amide bonds. The van der Waals surface area contributed by atoms with Crippen molar-refractivity contribution in [2.24, 2.45) is 15.3 Å². The number of carbonyl (C=O) groups is 2. The average molecular weight is 1230 g/mol. The molecule has 15 atom stereocenters. The van der Waals surface area contributed by atoms with Crippen LogP contribution in [0.4, 0.5) is 0 Å². The molecule has 91 heavy (non-hydrogen) atoms. The predicted molar refractivity (Wildman–Crippen MR) is 329 cm³/mol. The van der Waals surface area contributed by atoms with E-state index in [2.05, 4.69) is 30.1 Å². The summed E-state index contributed by atoms with van der Waals surface area (Å²) in [6.45, 7) is -0.121. The molecule has 7 aromatic rings. The van der Waals surface area contributed by atoms with Crippen LogP contribution in [0.1, 0.15) is 60.5 Å². The lowest BCUT2D eigenvalue weighted by Gasteiger charge is -2.51. The molecule has 1 aliphatic carbocycles. The van der Waals surface area contributed by atoms with Crippen molar-refractivity contribution >= 4 is 11.8 Å². The summed E-state index contributed by atoms with van der Waals surface area (Å²) in [6, 6.07) is 58.8. The van der Waals surface area contributed by atoms with E-state index in [1.165, 1.54) is 0 Å². The van der Waals surface area contributed by atoms with Gasteiger partial charge in [0, 0.05) is 14.7 Å². The molecule has 3 heterocycles. The van der Waals surface area contributed by atoms with Gasteiger partial charge < -0.3 is 52.5 Å². The molecular weight excluding hydrogens is 1160 g/mol. The van der Waals surface area contributed by atoms with Crippen LogP contribution in [-0.4, -0.2) is 127 Å². The van der Waals surface area contributed by atoms with E-state index in [0.29, 0.717) is 0 Å². The fraction of sp³-hybridized carbons (Fsp3) is 0.353. The second-order valence-corrected chi connectivity index (χ2v) is 22.3. The number of rotatable bonds is 28. The molecule has 11 rings (SSSR count). The van der Waals surface area contributed by atoms with Gasteiger partial charge in [-0.05, 0) is 68.5 Å². The lowest BCUT2D eigenvalue weighted by atomic mass is 9.84. The number of hydrogen-bond donors (Lipinski definition) is 1. The highest BCUT2D eigenvalue weighted by molar-refractivity contribution is 6.21. The maximum atomic E-state index is 15.1. The molecule has 23 nitrogen and oxygen atoms in total. The molecule has 1 saturated carbocycles. The van der Waals surface area contributed by atoms with Crippen molar-refractivity contribution in [3.05, 3.63) is 282 Å². The fourth-order valence-corrected chi connectivity index (χ4v) is 12.0. The zero-order valence-electron chi connectivity index (χ0n) is 49.5. The van der Waals surface area contributed by atoms with E-state index < -0.39 is 104 Å². The molecule has 0 unspecified atom stereocenters. The summed E-state index contributed by atoms with van der Waals surface area (Å²) < 4.78 is 68.8. The maximum absolute atomic E-state index is 15.1. The number of nitrogens with zero attached hydrogens (tertiary/aromatic N) is 10. The minimum atomic E-state index is -1.90. The standard InChI is InChI=1S/C68H68N10O13/c69-75-72-36-54-60(83-38-45-23-9-2-10-24-45)63(86-41-48-29-15-5-16-30-48)64(87-42-49-31-17-6-18-32-49)68(88-54)91-59-53(74-77-71)35-52(73-76-70)58(57(59)79)90-67-56(78-65(80)50-33-19-20-34-51(50)66(78)81)62(85-40-47-27-13-4-14-28-47)61(84-39-46-25-11-3-12-26-46)55(89-67)43-82-37-44-21-7-1-8-22-44/h1-34,52-64,67-68,79H,35-43H2/t52-,53+,54-,55-,56-,57-,58+,59-,60-,61-,62-,63+,64-,67+,68-/m1/s1. The first kappa shape index (κ1) is 63.7. The Morgan fingerprint density at radius 2 is 0.791 bits per heavy atom. The second kappa shape index (κ2) is 31.8. The monoisotopic (exact) mass is 1230 g/mol. The summed E-state index contributed by atoms with van der Waals surface area (Å²) in [5.41, 5.74) is 35.4. The molecule has 3 fully saturated rings. The van der Waals surface area contributed by atoms with Crippen LogP contribution in [0.15, 0.2) is 222 Å².